The van der Waals surface area contributed by atoms with Gasteiger partial charge in [-0.3, -0.25) is 9.97 Å². The zero-order valence-corrected chi connectivity index (χ0v) is 16.4. The summed E-state index contributed by atoms with van der Waals surface area (Å²) in [7, 11) is 0. The monoisotopic (exact) mass is 400 g/mol. The number of hydrogen-bond acceptors (Lipinski definition) is 9. The molecule has 9 nitrogen and oxygen atoms in total. The average molecular weight is 400 g/mol. The van der Waals surface area contributed by atoms with E-state index in [0.29, 0.717) is 17.6 Å². The molecule has 0 aromatic carbocycles. The van der Waals surface area contributed by atoms with Crippen molar-refractivity contribution in [1.82, 2.24) is 30.1 Å². The Morgan fingerprint density at radius 2 is 2.00 bits per heavy atom. The predicted molar refractivity (Wildman–Crippen MR) is 111 cm³/mol. The van der Waals surface area contributed by atoms with E-state index in [2.05, 4.69) is 35.3 Å². The van der Waals surface area contributed by atoms with E-state index in [4.69, 9.17) is 9.51 Å². The molecule has 1 saturated heterocycles. The molecule has 4 aromatic rings. The Balaban J connectivity index is 1.42. The standard InChI is InChI=1S/C21H20N8O/c1-14-11-19(26-20-13-22-8-9-24-20)27-21(25-14)29-10-4-6-17(29)18-12-16(28-30-18)15-5-2-3-7-23-15/h2-3,5,7-9,11-13,17H,4,6,10H2,1H3,(H,24,25,26,27)/t17-/m0/s1. The Labute approximate surface area is 173 Å². The lowest BCUT2D eigenvalue weighted by Gasteiger charge is -2.23. The van der Waals surface area contributed by atoms with Crippen LogP contribution in [0.3, 0.4) is 0 Å². The third-order valence-electron chi connectivity index (χ3n) is 4.96. The highest BCUT2D eigenvalue weighted by Gasteiger charge is 2.32. The van der Waals surface area contributed by atoms with Gasteiger partial charge in [-0.15, -0.1) is 0 Å². The van der Waals surface area contributed by atoms with E-state index < -0.39 is 0 Å². The number of nitrogens with zero attached hydrogens (tertiary/aromatic N) is 7. The number of hydrogen-bond donors (Lipinski definition) is 1. The van der Waals surface area contributed by atoms with Crippen LogP contribution in [0, 0.1) is 6.92 Å². The highest BCUT2D eigenvalue weighted by atomic mass is 16.5. The number of anilines is 3. The molecule has 0 radical (unpaired) electrons. The van der Waals surface area contributed by atoms with Gasteiger partial charge in [-0.2, -0.15) is 4.98 Å². The zero-order valence-electron chi connectivity index (χ0n) is 16.4. The largest absolute Gasteiger partial charge is 0.358 e. The summed E-state index contributed by atoms with van der Waals surface area (Å²) in [6.45, 7) is 2.80. The third-order valence-corrected chi connectivity index (χ3v) is 4.96. The number of aryl methyl sites for hydroxylation is 1. The Bertz CT molecular complexity index is 1130. The van der Waals surface area contributed by atoms with E-state index in [9.17, 15) is 0 Å². The van der Waals surface area contributed by atoms with Crippen LogP contribution in [0.4, 0.5) is 17.6 Å². The summed E-state index contributed by atoms with van der Waals surface area (Å²) in [5, 5.41) is 7.41. The van der Waals surface area contributed by atoms with Gasteiger partial charge >= 0.3 is 0 Å². The first-order chi connectivity index (χ1) is 14.8. The Kier molecular flexibility index (Phi) is 4.76. The summed E-state index contributed by atoms with van der Waals surface area (Å²) in [4.78, 5) is 24.2. The highest BCUT2D eigenvalue weighted by Crippen LogP contribution is 2.36. The number of aromatic nitrogens is 6. The van der Waals surface area contributed by atoms with Crippen LogP contribution in [0.5, 0.6) is 0 Å². The van der Waals surface area contributed by atoms with E-state index in [1.54, 1.807) is 24.8 Å². The number of nitrogens with one attached hydrogen (secondary N) is 1. The fourth-order valence-electron chi connectivity index (χ4n) is 3.62. The van der Waals surface area contributed by atoms with Gasteiger partial charge in [0.15, 0.2) is 5.76 Å². The smallest absolute Gasteiger partial charge is 0.228 e. The second-order valence-electron chi connectivity index (χ2n) is 7.09. The number of rotatable bonds is 5. The van der Waals surface area contributed by atoms with Crippen molar-refractivity contribution in [1.29, 1.82) is 0 Å². The maximum absolute atomic E-state index is 5.69. The van der Waals surface area contributed by atoms with E-state index in [1.807, 2.05) is 37.3 Å². The summed E-state index contributed by atoms with van der Waals surface area (Å²) >= 11 is 0. The normalized spacial score (nSPS) is 16.0. The molecule has 150 valence electrons. The van der Waals surface area contributed by atoms with Gasteiger partial charge in [0.05, 0.1) is 17.9 Å². The fourth-order valence-corrected chi connectivity index (χ4v) is 3.62. The zero-order chi connectivity index (χ0) is 20.3. The molecule has 1 atom stereocenters. The first-order valence-corrected chi connectivity index (χ1v) is 9.80. The van der Waals surface area contributed by atoms with Crippen molar-refractivity contribution >= 4 is 17.6 Å². The molecule has 1 N–H and O–H groups in total. The van der Waals surface area contributed by atoms with Crippen molar-refractivity contribution in [2.75, 3.05) is 16.8 Å². The Morgan fingerprint density at radius 1 is 1.03 bits per heavy atom. The topological polar surface area (TPSA) is 106 Å². The molecule has 5 heterocycles. The van der Waals surface area contributed by atoms with Gasteiger partial charge in [0.25, 0.3) is 0 Å². The van der Waals surface area contributed by atoms with Crippen LogP contribution < -0.4 is 10.2 Å². The summed E-state index contributed by atoms with van der Waals surface area (Å²) in [6.07, 6.45) is 8.64. The summed E-state index contributed by atoms with van der Waals surface area (Å²) < 4.78 is 5.69. The van der Waals surface area contributed by atoms with Crippen molar-refractivity contribution in [2.24, 2.45) is 0 Å². The summed E-state index contributed by atoms with van der Waals surface area (Å²) in [6, 6.07) is 9.61. The van der Waals surface area contributed by atoms with Gasteiger partial charge < -0.3 is 14.7 Å². The van der Waals surface area contributed by atoms with Crippen LogP contribution in [-0.2, 0) is 0 Å². The molecule has 0 saturated carbocycles. The van der Waals surface area contributed by atoms with Gasteiger partial charge in [0.1, 0.15) is 17.3 Å². The molecule has 0 bridgehead atoms. The summed E-state index contributed by atoms with van der Waals surface area (Å²) in [5.74, 6) is 2.76. The molecule has 4 aromatic heterocycles. The van der Waals surface area contributed by atoms with Gasteiger partial charge in [0.2, 0.25) is 5.95 Å². The second-order valence-corrected chi connectivity index (χ2v) is 7.09. The van der Waals surface area contributed by atoms with Crippen molar-refractivity contribution in [3.63, 3.8) is 0 Å². The number of pyridine rings is 1. The second kappa shape index (κ2) is 7.86. The van der Waals surface area contributed by atoms with Crippen LogP contribution in [0.1, 0.15) is 30.3 Å². The van der Waals surface area contributed by atoms with Gasteiger partial charge in [0, 0.05) is 43.0 Å². The molecule has 0 amide bonds. The molecule has 1 fully saturated rings. The van der Waals surface area contributed by atoms with Gasteiger partial charge in [-0.1, -0.05) is 11.2 Å². The van der Waals surface area contributed by atoms with E-state index in [1.165, 1.54) is 0 Å². The molecule has 0 aliphatic carbocycles. The van der Waals surface area contributed by atoms with Crippen LogP contribution in [-0.4, -0.2) is 36.6 Å². The molecule has 0 spiro atoms. The maximum Gasteiger partial charge on any atom is 0.228 e. The van der Waals surface area contributed by atoms with Gasteiger partial charge in [-0.25, -0.2) is 9.97 Å². The van der Waals surface area contributed by atoms with Crippen LogP contribution in [0.25, 0.3) is 11.4 Å². The lowest BCUT2D eigenvalue weighted by molar-refractivity contribution is 0.362. The summed E-state index contributed by atoms with van der Waals surface area (Å²) in [5.41, 5.74) is 2.38. The molecular weight excluding hydrogens is 380 g/mol. The van der Waals surface area contributed by atoms with Crippen molar-refractivity contribution in [3.05, 3.63) is 66.6 Å². The minimum atomic E-state index is 0.0288. The van der Waals surface area contributed by atoms with E-state index in [-0.39, 0.29) is 6.04 Å². The first-order valence-electron chi connectivity index (χ1n) is 9.80. The molecular formula is C21H20N8O. The third kappa shape index (κ3) is 3.69. The lowest BCUT2D eigenvalue weighted by atomic mass is 10.1. The van der Waals surface area contributed by atoms with E-state index in [0.717, 1.165) is 42.2 Å². The minimum absolute atomic E-state index is 0.0288. The Morgan fingerprint density at radius 3 is 2.83 bits per heavy atom. The van der Waals surface area contributed by atoms with Crippen molar-refractivity contribution in [2.45, 2.75) is 25.8 Å². The Hall–Kier alpha value is -3.88. The van der Waals surface area contributed by atoms with Crippen LogP contribution in [0.2, 0.25) is 0 Å². The quantitative estimate of drug-likeness (QED) is 0.536. The molecule has 1 aliphatic rings. The van der Waals surface area contributed by atoms with Gasteiger partial charge in [-0.05, 0) is 31.9 Å². The van der Waals surface area contributed by atoms with Crippen molar-refractivity contribution in [3.8, 4) is 11.4 Å². The molecule has 0 unspecified atom stereocenters. The maximum atomic E-state index is 5.69. The molecule has 5 rings (SSSR count). The minimum Gasteiger partial charge on any atom is -0.358 e. The van der Waals surface area contributed by atoms with Crippen LogP contribution in [0.15, 0.2) is 59.6 Å². The fraction of sp³-hybridized carbons (Fsp3) is 0.238. The molecule has 9 heteroatoms. The molecule has 30 heavy (non-hydrogen) atoms. The average Bonchev–Trinajstić information content (AvgIpc) is 3.44. The lowest BCUT2D eigenvalue weighted by Crippen LogP contribution is -2.25. The SMILES string of the molecule is Cc1cc(Nc2cnccn2)nc(N2CCC[C@H]2c2cc(-c3ccccn3)no2)n1. The molecule has 1 aliphatic heterocycles. The predicted octanol–water partition coefficient (Wildman–Crippen LogP) is 3.71. The first kappa shape index (κ1) is 18.2. The van der Waals surface area contributed by atoms with E-state index >= 15 is 0 Å². The highest BCUT2D eigenvalue weighted by molar-refractivity contribution is 5.55. The van der Waals surface area contributed by atoms with Crippen molar-refractivity contribution < 1.29 is 4.52 Å². The van der Waals surface area contributed by atoms with Crippen LogP contribution >= 0.6 is 0 Å².